The highest BCUT2D eigenvalue weighted by Crippen LogP contribution is 2.59. The van der Waals surface area contributed by atoms with Gasteiger partial charge in [-0.15, -0.1) is 0 Å². The molecule has 0 heterocycles. The van der Waals surface area contributed by atoms with Gasteiger partial charge in [-0.3, -0.25) is 4.79 Å². The molecule has 1 aliphatic rings. The highest BCUT2D eigenvalue weighted by molar-refractivity contribution is 7.79. The number of amides is 1. The Morgan fingerprint density at radius 3 is 1.63 bits per heavy atom. The van der Waals surface area contributed by atoms with Gasteiger partial charge in [0.05, 0.1) is 17.3 Å². The molecule has 1 saturated carbocycles. The van der Waals surface area contributed by atoms with Crippen molar-refractivity contribution < 1.29 is 14.5 Å². The smallest absolute Gasteiger partial charge is 0.251 e. The first-order valence-electron chi connectivity index (χ1n) is 13.4. The molecule has 1 aliphatic carbocycles. The lowest BCUT2D eigenvalue weighted by atomic mass is 9.78. The van der Waals surface area contributed by atoms with E-state index < -0.39 is 24.4 Å². The molecule has 0 saturated heterocycles. The Morgan fingerprint density at radius 1 is 0.684 bits per heavy atom. The van der Waals surface area contributed by atoms with Gasteiger partial charge in [-0.2, -0.15) is 0 Å². The van der Waals surface area contributed by atoms with Crippen LogP contribution in [0, 0.1) is 0 Å². The number of aliphatic hydroxyl groups is 1. The van der Waals surface area contributed by atoms with E-state index in [2.05, 4.69) is 5.32 Å². The Labute approximate surface area is 225 Å². The van der Waals surface area contributed by atoms with Crippen molar-refractivity contribution in [1.82, 2.24) is 5.32 Å². The van der Waals surface area contributed by atoms with Crippen LogP contribution in [-0.4, -0.2) is 22.3 Å². The van der Waals surface area contributed by atoms with Crippen molar-refractivity contribution in [2.75, 3.05) is 0 Å². The second kappa shape index (κ2) is 11.5. The lowest BCUT2D eigenvalue weighted by molar-refractivity contribution is -0.00834. The van der Waals surface area contributed by atoms with Crippen LogP contribution >= 0.6 is 7.14 Å². The van der Waals surface area contributed by atoms with Crippen LogP contribution < -0.4 is 15.9 Å². The lowest BCUT2D eigenvalue weighted by Gasteiger charge is -2.47. The van der Waals surface area contributed by atoms with Gasteiger partial charge in [0.1, 0.15) is 0 Å². The Hall–Kier alpha value is -3.46. The molecule has 4 aromatic carbocycles. The average molecular weight is 524 g/mol. The summed E-state index contributed by atoms with van der Waals surface area (Å²) < 4.78 is 15.8. The third-order valence-electron chi connectivity index (χ3n) is 7.74. The monoisotopic (exact) mass is 523 g/mol. The minimum atomic E-state index is -3.50. The van der Waals surface area contributed by atoms with Crippen LogP contribution in [0.25, 0.3) is 0 Å². The van der Waals surface area contributed by atoms with E-state index in [4.69, 9.17) is 0 Å². The van der Waals surface area contributed by atoms with Crippen LogP contribution in [0.1, 0.15) is 54.1 Å². The van der Waals surface area contributed by atoms with Crippen LogP contribution in [0.4, 0.5) is 0 Å². The van der Waals surface area contributed by atoms with Crippen molar-refractivity contribution in [3.63, 3.8) is 0 Å². The molecule has 4 aromatic rings. The topological polar surface area (TPSA) is 66.4 Å². The number of carbonyl (C=O) groups excluding carboxylic acids is 1. The van der Waals surface area contributed by atoms with Gasteiger partial charge >= 0.3 is 0 Å². The molecule has 0 unspecified atom stereocenters. The molecule has 1 amide bonds. The summed E-state index contributed by atoms with van der Waals surface area (Å²) in [6, 6.07) is 37.1. The third-order valence-corrected chi connectivity index (χ3v) is 11.4. The van der Waals surface area contributed by atoms with E-state index >= 15 is 4.57 Å². The van der Waals surface area contributed by atoms with Crippen molar-refractivity contribution in [1.29, 1.82) is 0 Å². The van der Waals surface area contributed by atoms with Gasteiger partial charge in [0.2, 0.25) is 0 Å². The molecule has 0 aromatic heterocycles. The number of nitrogens with one attached hydrogen (secondary N) is 1. The number of benzene rings is 4. The SMILES string of the molecule is O=C(N[C@@H](c1ccccc1)[C@@H](C1(O)CCCCC1)P(=O)(c1ccccc1)c1ccccc1)c1ccccc1. The zero-order valence-corrected chi connectivity index (χ0v) is 22.3. The van der Waals surface area contributed by atoms with E-state index in [1.165, 1.54) is 0 Å². The first-order valence-corrected chi connectivity index (χ1v) is 15.1. The van der Waals surface area contributed by atoms with Crippen molar-refractivity contribution in [2.45, 2.75) is 49.4 Å². The fraction of sp³-hybridized carbons (Fsp3) is 0.242. The van der Waals surface area contributed by atoms with E-state index in [9.17, 15) is 9.90 Å². The standard InChI is InChI=1S/C33H34NO3P/c35-32(27-18-8-2-9-19-27)34-30(26-16-6-1-7-17-26)31(33(36)24-14-5-15-25-33)38(37,28-20-10-3-11-21-28)29-22-12-4-13-23-29/h1-4,6-13,16-23,30-31,36H,5,14-15,24-25H2,(H,34,35)/t30-,31-/m0/s1. The number of carbonyl (C=O) groups is 1. The maximum atomic E-state index is 15.8. The number of rotatable bonds is 8. The summed E-state index contributed by atoms with van der Waals surface area (Å²) in [5, 5.41) is 17.1. The van der Waals surface area contributed by atoms with Crippen molar-refractivity contribution in [3.05, 3.63) is 132 Å². The summed E-state index contributed by atoms with van der Waals surface area (Å²) in [7, 11) is -3.50. The Balaban J connectivity index is 1.75. The zero-order chi connectivity index (χ0) is 26.4. The molecule has 0 spiro atoms. The minimum Gasteiger partial charge on any atom is -0.389 e. The van der Waals surface area contributed by atoms with Gasteiger partial charge in [0, 0.05) is 16.2 Å². The van der Waals surface area contributed by atoms with Crippen LogP contribution in [-0.2, 0) is 4.57 Å². The molecule has 0 bridgehead atoms. The minimum absolute atomic E-state index is 0.253. The van der Waals surface area contributed by atoms with Crippen molar-refractivity contribution >= 4 is 23.7 Å². The maximum Gasteiger partial charge on any atom is 0.251 e. The molecule has 2 atom stereocenters. The molecule has 38 heavy (non-hydrogen) atoms. The normalized spacial score (nSPS) is 16.8. The Bertz CT molecular complexity index is 1330. The summed E-state index contributed by atoms with van der Waals surface area (Å²) in [5.74, 6) is -0.253. The fourth-order valence-corrected chi connectivity index (χ4v) is 9.68. The second-order valence-corrected chi connectivity index (χ2v) is 13.1. The van der Waals surface area contributed by atoms with Crippen LogP contribution in [0.15, 0.2) is 121 Å². The number of hydrogen-bond acceptors (Lipinski definition) is 3. The quantitative estimate of drug-likeness (QED) is 0.269. The van der Waals surface area contributed by atoms with Crippen LogP contribution in [0.3, 0.4) is 0 Å². The highest BCUT2D eigenvalue weighted by Gasteiger charge is 2.54. The van der Waals surface area contributed by atoms with Gasteiger partial charge in [-0.1, -0.05) is 128 Å². The zero-order valence-electron chi connectivity index (χ0n) is 21.4. The third kappa shape index (κ3) is 5.25. The first-order chi connectivity index (χ1) is 18.5. The Morgan fingerprint density at radius 2 is 1.13 bits per heavy atom. The van der Waals surface area contributed by atoms with Crippen molar-refractivity contribution in [3.8, 4) is 0 Å². The predicted octanol–water partition coefficient (Wildman–Crippen LogP) is 6.24. The fourth-order valence-electron chi connectivity index (χ4n) is 5.91. The van der Waals surface area contributed by atoms with Crippen molar-refractivity contribution in [2.24, 2.45) is 0 Å². The summed E-state index contributed by atoms with van der Waals surface area (Å²) in [4.78, 5) is 13.6. The van der Waals surface area contributed by atoms with E-state index in [-0.39, 0.29) is 5.91 Å². The maximum absolute atomic E-state index is 15.8. The molecule has 5 rings (SSSR count). The van der Waals surface area contributed by atoms with Gasteiger partial charge in [0.15, 0.2) is 7.14 Å². The largest absolute Gasteiger partial charge is 0.389 e. The first kappa shape index (κ1) is 26.2. The molecule has 194 valence electrons. The molecule has 0 aliphatic heterocycles. The van der Waals surface area contributed by atoms with Gasteiger partial charge in [-0.05, 0) is 30.5 Å². The highest BCUT2D eigenvalue weighted by atomic mass is 31.2. The summed E-state index contributed by atoms with van der Waals surface area (Å²) in [5.41, 5.74) is -0.649. The molecular weight excluding hydrogens is 489 g/mol. The van der Waals surface area contributed by atoms with Gasteiger partial charge < -0.3 is 15.0 Å². The van der Waals surface area contributed by atoms with Gasteiger partial charge in [-0.25, -0.2) is 0 Å². The summed E-state index contributed by atoms with van der Waals surface area (Å²) in [6.45, 7) is 0. The lowest BCUT2D eigenvalue weighted by Crippen LogP contribution is -2.54. The van der Waals surface area contributed by atoms with Gasteiger partial charge in [0.25, 0.3) is 5.91 Å². The van der Waals surface area contributed by atoms with E-state index in [1.807, 2.05) is 109 Å². The van der Waals surface area contributed by atoms with E-state index in [0.717, 1.165) is 24.8 Å². The van der Waals surface area contributed by atoms with E-state index in [1.54, 1.807) is 12.1 Å². The molecule has 0 radical (unpaired) electrons. The second-order valence-electron chi connectivity index (χ2n) is 10.2. The van der Waals surface area contributed by atoms with E-state index in [0.29, 0.717) is 29.0 Å². The molecule has 1 fully saturated rings. The molecule has 2 N–H and O–H groups in total. The Kier molecular flexibility index (Phi) is 7.93. The molecule has 4 nitrogen and oxygen atoms in total. The summed E-state index contributed by atoms with van der Waals surface area (Å²) in [6.07, 6.45) is 3.80. The predicted molar refractivity (Wildman–Crippen MR) is 155 cm³/mol. The average Bonchev–Trinajstić information content (AvgIpc) is 2.98. The number of hydrogen-bond donors (Lipinski definition) is 2. The van der Waals surface area contributed by atoms with Crippen LogP contribution in [0.2, 0.25) is 0 Å². The summed E-state index contributed by atoms with van der Waals surface area (Å²) >= 11 is 0. The van der Waals surface area contributed by atoms with Crippen LogP contribution in [0.5, 0.6) is 0 Å². The molecular formula is C33H34NO3P. The molecule has 5 heteroatoms.